The van der Waals surface area contributed by atoms with Gasteiger partial charge in [0, 0.05) is 38.5 Å². The third-order valence-electron chi connectivity index (χ3n) is 4.06. The Balaban J connectivity index is 0.00000312. The zero-order chi connectivity index (χ0) is 17.5. The summed E-state index contributed by atoms with van der Waals surface area (Å²) in [5.41, 5.74) is 3.82. The number of nitrogens with one attached hydrogen (secondary N) is 1. The molecule has 0 aliphatic heterocycles. The number of aryl methyl sites for hydroxylation is 3. The first-order valence-electron chi connectivity index (χ1n) is 8.46. The summed E-state index contributed by atoms with van der Waals surface area (Å²) in [6.07, 6.45) is 2.06. The zero-order valence-electron chi connectivity index (χ0n) is 15.8. The van der Waals surface area contributed by atoms with Crippen molar-refractivity contribution in [1.29, 1.82) is 0 Å². The molecule has 0 atom stereocenters. The van der Waals surface area contributed by atoms with Gasteiger partial charge in [0.15, 0.2) is 5.96 Å². The first-order valence-corrected chi connectivity index (χ1v) is 9.27. The third kappa shape index (κ3) is 6.58. The number of benzene rings is 1. The van der Waals surface area contributed by atoms with Crippen molar-refractivity contribution in [3.63, 3.8) is 0 Å². The summed E-state index contributed by atoms with van der Waals surface area (Å²) in [5.74, 6) is 0.924. The molecule has 0 spiro atoms. The predicted octanol–water partition coefficient (Wildman–Crippen LogP) is 4.19. The Labute approximate surface area is 172 Å². The highest BCUT2D eigenvalue weighted by Gasteiger charge is 2.08. The van der Waals surface area contributed by atoms with Crippen molar-refractivity contribution in [1.82, 2.24) is 15.2 Å². The van der Waals surface area contributed by atoms with Crippen molar-refractivity contribution in [2.24, 2.45) is 4.99 Å². The molecule has 0 aliphatic rings. The third-order valence-corrected chi connectivity index (χ3v) is 5.19. The Morgan fingerprint density at radius 3 is 2.36 bits per heavy atom. The van der Waals surface area contributed by atoms with Gasteiger partial charge in [0.05, 0.1) is 10.7 Å². The smallest absolute Gasteiger partial charge is 0.193 e. The van der Waals surface area contributed by atoms with E-state index in [2.05, 4.69) is 72.3 Å². The molecule has 25 heavy (non-hydrogen) atoms. The van der Waals surface area contributed by atoms with Gasteiger partial charge in [-0.05, 0) is 31.4 Å². The summed E-state index contributed by atoms with van der Waals surface area (Å²) in [4.78, 5) is 12.4. The molecule has 0 saturated heterocycles. The lowest BCUT2D eigenvalue weighted by atomic mass is 10.1. The van der Waals surface area contributed by atoms with Gasteiger partial charge in [-0.2, -0.15) is 0 Å². The molecule has 0 unspecified atom stereocenters. The lowest BCUT2D eigenvalue weighted by molar-refractivity contribution is 0.477. The molecular weight excluding hydrogens is 443 g/mol. The zero-order valence-corrected chi connectivity index (χ0v) is 18.9. The number of hydrogen-bond donors (Lipinski definition) is 1. The van der Waals surface area contributed by atoms with Crippen LogP contribution in [0.1, 0.15) is 33.6 Å². The predicted molar refractivity (Wildman–Crippen MR) is 119 cm³/mol. The molecule has 0 aliphatic carbocycles. The van der Waals surface area contributed by atoms with Crippen LogP contribution in [-0.2, 0) is 19.4 Å². The minimum Gasteiger partial charge on any atom is -0.356 e. The van der Waals surface area contributed by atoms with E-state index in [1.165, 1.54) is 16.0 Å². The second-order valence-corrected chi connectivity index (χ2v) is 7.28. The summed E-state index contributed by atoms with van der Waals surface area (Å²) < 4.78 is 0. The number of aromatic nitrogens is 1. The average Bonchev–Trinajstić information content (AvgIpc) is 2.89. The molecule has 0 bridgehead atoms. The van der Waals surface area contributed by atoms with Crippen LogP contribution in [0.3, 0.4) is 0 Å². The van der Waals surface area contributed by atoms with Gasteiger partial charge >= 0.3 is 0 Å². The minimum atomic E-state index is 0. The van der Waals surface area contributed by atoms with Gasteiger partial charge in [0.2, 0.25) is 0 Å². The number of aliphatic imine (C=N–C) groups is 1. The van der Waals surface area contributed by atoms with Gasteiger partial charge < -0.3 is 10.2 Å². The number of halogens is 1. The Morgan fingerprint density at radius 1 is 1.20 bits per heavy atom. The van der Waals surface area contributed by atoms with E-state index in [4.69, 9.17) is 0 Å². The standard InChI is InChI=1S/C19H28N4S.HI/c1-6-16-7-9-17(10-8-16)13-23(5)19(20-4)21-12-11-18-14(2)22-15(3)24-18;/h7-10H,6,11-13H2,1-5H3,(H,20,21);1H. The molecular formula is C19H29IN4S. The number of hydrogen-bond acceptors (Lipinski definition) is 3. The highest BCUT2D eigenvalue weighted by Crippen LogP contribution is 2.17. The van der Waals surface area contributed by atoms with Crippen LogP contribution in [0.25, 0.3) is 0 Å². The molecule has 4 nitrogen and oxygen atoms in total. The van der Waals surface area contributed by atoms with Gasteiger partial charge in [-0.15, -0.1) is 35.3 Å². The van der Waals surface area contributed by atoms with E-state index in [9.17, 15) is 0 Å². The number of rotatable bonds is 6. The fraction of sp³-hybridized carbons (Fsp3) is 0.474. The summed E-state index contributed by atoms with van der Waals surface area (Å²) in [6.45, 7) is 8.04. The molecule has 2 rings (SSSR count). The molecule has 0 fully saturated rings. The van der Waals surface area contributed by atoms with Gasteiger partial charge in [0.25, 0.3) is 0 Å². The van der Waals surface area contributed by atoms with E-state index in [1.54, 1.807) is 11.3 Å². The van der Waals surface area contributed by atoms with Crippen LogP contribution in [0, 0.1) is 13.8 Å². The summed E-state index contributed by atoms with van der Waals surface area (Å²) in [5, 5.41) is 4.59. The van der Waals surface area contributed by atoms with Crippen LogP contribution in [0.5, 0.6) is 0 Å². The summed E-state index contributed by atoms with van der Waals surface area (Å²) >= 11 is 1.78. The molecule has 1 aromatic heterocycles. The van der Waals surface area contributed by atoms with E-state index in [0.717, 1.165) is 42.6 Å². The van der Waals surface area contributed by atoms with Crippen molar-refractivity contribution in [3.05, 3.63) is 51.0 Å². The topological polar surface area (TPSA) is 40.5 Å². The van der Waals surface area contributed by atoms with E-state index in [-0.39, 0.29) is 24.0 Å². The highest BCUT2D eigenvalue weighted by molar-refractivity contribution is 14.0. The fourth-order valence-electron chi connectivity index (χ4n) is 2.71. The summed E-state index contributed by atoms with van der Waals surface area (Å²) in [7, 11) is 3.91. The van der Waals surface area contributed by atoms with E-state index in [1.807, 2.05) is 7.05 Å². The average molecular weight is 472 g/mol. The van der Waals surface area contributed by atoms with Crippen LogP contribution in [0.2, 0.25) is 0 Å². The van der Waals surface area contributed by atoms with Crippen LogP contribution in [-0.4, -0.2) is 36.5 Å². The Kier molecular flexibility index (Phi) is 9.42. The maximum Gasteiger partial charge on any atom is 0.193 e. The lowest BCUT2D eigenvalue weighted by Gasteiger charge is -2.22. The second kappa shape index (κ2) is 10.8. The first-order chi connectivity index (χ1) is 11.5. The Morgan fingerprint density at radius 2 is 1.84 bits per heavy atom. The van der Waals surface area contributed by atoms with Crippen LogP contribution < -0.4 is 5.32 Å². The molecule has 2 aromatic rings. The van der Waals surface area contributed by atoms with Gasteiger partial charge in [-0.3, -0.25) is 4.99 Å². The van der Waals surface area contributed by atoms with Crippen LogP contribution in [0.15, 0.2) is 29.3 Å². The largest absolute Gasteiger partial charge is 0.356 e. The van der Waals surface area contributed by atoms with Gasteiger partial charge in [-0.25, -0.2) is 4.98 Å². The first kappa shape index (κ1) is 21.9. The molecule has 1 N–H and O–H groups in total. The van der Waals surface area contributed by atoms with Crippen molar-refractivity contribution in [2.45, 2.75) is 40.2 Å². The number of thiazole rings is 1. The monoisotopic (exact) mass is 472 g/mol. The highest BCUT2D eigenvalue weighted by atomic mass is 127. The number of guanidine groups is 1. The molecule has 1 heterocycles. The molecule has 1 aromatic carbocycles. The normalized spacial score (nSPS) is 11.2. The van der Waals surface area contributed by atoms with E-state index in [0.29, 0.717) is 0 Å². The molecule has 0 amide bonds. The van der Waals surface area contributed by atoms with E-state index < -0.39 is 0 Å². The quantitative estimate of drug-likeness (QED) is 0.390. The molecule has 0 radical (unpaired) electrons. The Bertz CT molecular complexity index is 679. The van der Waals surface area contributed by atoms with Gasteiger partial charge in [-0.1, -0.05) is 31.2 Å². The second-order valence-electron chi connectivity index (χ2n) is 5.99. The summed E-state index contributed by atoms with van der Waals surface area (Å²) in [6, 6.07) is 8.81. The molecule has 0 saturated carbocycles. The van der Waals surface area contributed by atoms with Crippen LogP contribution >= 0.6 is 35.3 Å². The van der Waals surface area contributed by atoms with Crippen LogP contribution in [0.4, 0.5) is 0 Å². The van der Waals surface area contributed by atoms with Crippen molar-refractivity contribution in [3.8, 4) is 0 Å². The maximum absolute atomic E-state index is 4.48. The van der Waals surface area contributed by atoms with Crippen molar-refractivity contribution >= 4 is 41.3 Å². The SMILES string of the molecule is CCc1ccc(CN(C)C(=NC)NCCc2sc(C)nc2C)cc1.I. The fourth-order valence-corrected chi connectivity index (χ4v) is 3.64. The minimum absolute atomic E-state index is 0. The van der Waals surface area contributed by atoms with Crippen molar-refractivity contribution < 1.29 is 0 Å². The lowest BCUT2D eigenvalue weighted by Crippen LogP contribution is -2.39. The molecule has 138 valence electrons. The Hall–Kier alpha value is -1.15. The number of nitrogens with zero attached hydrogens (tertiary/aromatic N) is 3. The van der Waals surface area contributed by atoms with Gasteiger partial charge in [0.1, 0.15) is 0 Å². The van der Waals surface area contributed by atoms with Crippen molar-refractivity contribution in [2.75, 3.05) is 20.6 Å². The molecule has 6 heteroatoms. The van der Waals surface area contributed by atoms with E-state index >= 15 is 0 Å². The maximum atomic E-state index is 4.48.